The normalized spacial score (nSPS) is 10.6. The minimum atomic E-state index is 0.446. The van der Waals surface area contributed by atoms with Gasteiger partial charge in [-0.05, 0) is 56.8 Å². The summed E-state index contributed by atoms with van der Waals surface area (Å²) >= 11 is 11.6. The van der Waals surface area contributed by atoms with Crippen molar-refractivity contribution in [2.45, 2.75) is 27.3 Å². The Kier molecular flexibility index (Phi) is 6.21. The standard InChI is InChI=1S/C21H23ClN4OS/c1-13-5-7-16(8-6-13)12-26-15(3)20(14(2)25-26)24-21(28)23-18-11-17(22)9-10-19(18)27-4/h5-11H,12H2,1-4H3,(H2,23,24,28). The highest BCUT2D eigenvalue weighted by Gasteiger charge is 2.14. The zero-order chi connectivity index (χ0) is 20.3. The lowest BCUT2D eigenvalue weighted by atomic mass is 10.1. The Morgan fingerprint density at radius 2 is 1.82 bits per heavy atom. The molecule has 0 aliphatic rings. The molecule has 0 saturated carbocycles. The lowest BCUT2D eigenvalue weighted by molar-refractivity contribution is 0.417. The molecule has 28 heavy (non-hydrogen) atoms. The van der Waals surface area contributed by atoms with Crippen molar-refractivity contribution in [3.8, 4) is 5.75 Å². The molecule has 0 fully saturated rings. The molecule has 7 heteroatoms. The second kappa shape index (κ2) is 8.63. The van der Waals surface area contributed by atoms with Gasteiger partial charge in [0.15, 0.2) is 5.11 Å². The average molecular weight is 415 g/mol. The summed E-state index contributed by atoms with van der Waals surface area (Å²) in [5.74, 6) is 0.664. The number of rotatable bonds is 5. The van der Waals surface area contributed by atoms with Crippen LogP contribution in [0.15, 0.2) is 42.5 Å². The van der Waals surface area contributed by atoms with Crippen LogP contribution >= 0.6 is 23.8 Å². The fraction of sp³-hybridized carbons (Fsp3) is 0.238. The number of thiocarbonyl (C=S) groups is 1. The zero-order valence-electron chi connectivity index (χ0n) is 16.3. The van der Waals surface area contributed by atoms with Gasteiger partial charge in [-0.25, -0.2) is 0 Å². The average Bonchev–Trinajstić information content (AvgIpc) is 2.91. The smallest absolute Gasteiger partial charge is 0.175 e. The lowest BCUT2D eigenvalue weighted by Crippen LogP contribution is -2.20. The molecule has 0 amide bonds. The number of nitrogens with one attached hydrogen (secondary N) is 2. The van der Waals surface area contributed by atoms with E-state index in [1.54, 1.807) is 25.3 Å². The van der Waals surface area contributed by atoms with E-state index in [4.69, 9.17) is 28.6 Å². The van der Waals surface area contributed by atoms with Crippen molar-refractivity contribution in [3.05, 3.63) is 70.0 Å². The molecule has 2 N–H and O–H groups in total. The molecule has 3 aromatic rings. The zero-order valence-corrected chi connectivity index (χ0v) is 17.9. The topological polar surface area (TPSA) is 51.1 Å². The van der Waals surface area contributed by atoms with Crippen LogP contribution in [0.5, 0.6) is 5.75 Å². The number of anilines is 2. The first kappa shape index (κ1) is 20.2. The van der Waals surface area contributed by atoms with Gasteiger partial charge in [0, 0.05) is 5.02 Å². The van der Waals surface area contributed by atoms with E-state index in [1.165, 1.54) is 11.1 Å². The largest absolute Gasteiger partial charge is 0.495 e. The third-order valence-corrected chi connectivity index (χ3v) is 4.92. The first-order chi connectivity index (χ1) is 13.4. The molecule has 3 rings (SSSR count). The SMILES string of the molecule is COc1ccc(Cl)cc1NC(=S)Nc1c(C)nn(Cc2ccc(C)cc2)c1C. The monoisotopic (exact) mass is 414 g/mol. The second-order valence-corrected chi connectivity index (χ2v) is 7.46. The number of methoxy groups -OCH3 is 1. The Bertz CT molecular complexity index is 998. The van der Waals surface area contributed by atoms with Gasteiger partial charge in [0.25, 0.3) is 0 Å². The number of hydrogen-bond acceptors (Lipinski definition) is 3. The summed E-state index contributed by atoms with van der Waals surface area (Å²) in [6, 6.07) is 13.8. The van der Waals surface area contributed by atoms with Crippen molar-refractivity contribution in [3.63, 3.8) is 0 Å². The number of benzene rings is 2. The molecule has 2 aromatic carbocycles. The molecule has 146 valence electrons. The van der Waals surface area contributed by atoms with Crippen molar-refractivity contribution in [2.75, 3.05) is 17.7 Å². The molecule has 0 radical (unpaired) electrons. The van der Waals surface area contributed by atoms with Crippen molar-refractivity contribution in [1.82, 2.24) is 9.78 Å². The first-order valence-corrected chi connectivity index (χ1v) is 9.67. The molecule has 0 aliphatic carbocycles. The quantitative estimate of drug-likeness (QED) is 0.553. The third kappa shape index (κ3) is 4.64. The Hall–Kier alpha value is -2.57. The van der Waals surface area contributed by atoms with E-state index in [0.717, 1.165) is 17.1 Å². The van der Waals surface area contributed by atoms with Gasteiger partial charge in [0.1, 0.15) is 5.75 Å². The number of hydrogen-bond donors (Lipinski definition) is 2. The highest BCUT2D eigenvalue weighted by molar-refractivity contribution is 7.80. The van der Waals surface area contributed by atoms with Gasteiger partial charge in [-0.15, -0.1) is 0 Å². The number of aryl methyl sites for hydroxylation is 2. The van der Waals surface area contributed by atoms with E-state index in [1.807, 2.05) is 18.5 Å². The van der Waals surface area contributed by atoms with Crippen molar-refractivity contribution in [2.24, 2.45) is 0 Å². The van der Waals surface area contributed by atoms with Crippen LogP contribution < -0.4 is 15.4 Å². The van der Waals surface area contributed by atoms with Crippen molar-refractivity contribution in [1.29, 1.82) is 0 Å². The van der Waals surface area contributed by atoms with E-state index in [0.29, 0.717) is 28.1 Å². The van der Waals surface area contributed by atoms with Gasteiger partial charge in [0.05, 0.1) is 36.4 Å². The van der Waals surface area contributed by atoms with Crippen LogP contribution in [-0.2, 0) is 6.54 Å². The number of ether oxygens (including phenoxy) is 1. The van der Waals surface area contributed by atoms with Crippen LogP contribution in [0.2, 0.25) is 5.02 Å². The summed E-state index contributed by atoms with van der Waals surface area (Å²) in [4.78, 5) is 0. The molecule has 0 atom stereocenters. The molecule has 0 bridgehead atoms. The van der Waals surface area contributed by atoms with Gasteiger partial charge < -0.3 is 15.4 Å². The predicted molar refractivity (Wildman–Crippen MR) is 120 cm³/mol. The molecule has 5 nitrogen and oxygen atoms in total. The van der Waals surface area contributed by atoms with Crippen LogP contribution in [0, 0.1) is 20.8 Å². The summed E-state index contributed by atoms with van der Waals surface area (Å²) in [6.07, 6.45) is 0. The van der Waals surface area contributed by atoms with Gasteiger partial charge in [0.2, 0.25) is 0 Å². The molecular weight excluding hydrogens is 392 g/mol. The van der Waals surface area contributed by atoms with E-state index in [2.05, 4.69) is 46.9 Å². The summed E-state index contributed by atoms with van der Waals surface area (Å²) < 4.78 is 7.33. The molecular formula is C21H23ClN4OS. The Balaban J connectivity index is 1.75. The lowest BCUT2D eigenvalue weighted by Gasteiger charge is -2.14. The minimum Gasteiger partial charge on any atom is -0.495 e. The highest BCUT2D eigenvalue weighted by Crippen LogP contribution is 2.28. The summed E-state index contributed by atoms with van der Waals surface area (Å²) in [5, 5.41) is 12.1. The Labute approximate surface area is 175 Å². The van der Waals surface area contributed by atoms with E-state index in [9.17, 15) is 0 Å². The van der Waals surface area contributed by atoms with Crippen LogP contribution in [0.3, 0.4) is 0 Å². The highest BCUT2D eigenvalue weighted by atomic mass is 35.5. The summed E-state index contributed by atoms with van der Waals surface area (Å²) in [6.45, 7) is 6.78. The maximum Gasteiger partial charge on any atom is 0.175 e. The first-order valence-electron chi connectivity index (χ1n) is 8.88. The third-order valence-electron chi connectivity index (χ3n) is 4.48. The molecule has 1 heterocycles. The number of nitrogens with zero attached hydrogens (tertiary/aromatic N) is 2. The molecule has 0 saturated heterocycles. The van der Waals surface area contributed by atoms with Crippen LogP contribution in [0.4, 0.5) is 11.4 Å². The second-order valence-electron chi connectivity index (χ2n) is 6.61. The van der Waals surface area contributed by atoms with Gasteiger partial charge >= 0.3 is 0 Å². The molecule has 0 unspecified atom stereocenters. The minimum absolute atomic E-state index is 0.446. The van der Waals surface area contributed by atoms with Gasteiger partial charge in [-0.1, -0.05) is 41.4 Å². The fourth-order valence-corrected chi connectivity index (χ4v) is 3.33. The van der Waals surface area contributed by atoms with E-state index >= 15 is 0 Å². The van der Waals surface area contributed by atoms with Gasteiger partial charge in [-0.2, -0.15) is 5.10 Å². The Morgan fingerprint density at radius 1 is 1.11 bits per heavy atom. The predicted octanol–water partition coefficient (Wildman–Crippen LogP) is 5.33. The van der Waals surface area contributed by atoms with Crippen molar-refractivity contribution < 1.29 is 4.74 Å². The van der Waals surface area contributed by atoms with Crippen LogP contribution in [0.1, 0.15) is 22.5 Å². The fourth-order valence-electron chi connectivity index (χ4n) is 2.94. The van der Waals surface area contributed by atoms with Crippen LogP contribution in [-0.4, -0.2) is 22.0 Å². The molecule has 0 spiro atoms. The summed E-state index contributed by atoms with van der Waals surface area (Å²) in [7, 11) is 1.61. The maximum atomic E-state index is 6.09. The van der Waals surface area contributed by atoms with Crippen molar-refractivity contribution >= 4 is 40.3 Å². The summed E-state index contributed by atoms with van der Waals surface area (Å²) in [5.41, 5.74) is 5.94. The van der Waals surface area contributed by atoms with E-state index < -0.39 is 0 Å². The number of halogens is 1. The van der Waals surface area contributed by atoms with E-state index in [-0.39, 0.29) is 0 Å². The maximum absolute atomic E-state index is 6.09. The molecule has 0 aliphatic heterocycles. The Morgan fingerprint density at radius 3 is 2.50 bits per heavy atom. The number of aromatic nitrogens is 2. The van der Waals surface area contributed by atoms with Gasteiger partial charge in [-0.3, -0.25) is 4.68 Å². The van der Waals surface area contributed by atoms with Crippen LogP contribution in [0.25, 0.3) is 0 Å². The molecule has 1 aromatic heterocycles.